The topological polar surface area (TPSA) is 98.2 Å². The van der Waals surface area contributed by atoms with Crippen molar-refractivity contribution in [3.8, 4) is 0 Å². The fourth-order valence-corrected chi connectivity index (χ4v) is 3.48. The molecule has 0 aliphatic carbocycles. The number of aryl methyl sites for hydroxylation is 1. The van der Waals surface area contributed by atoms with Gasteiger partial charge >= 0.3 is 0 Å². The fourth-order valence-electron chi connectivity index (χ4n) is 2.59. The Balaban J connectivity index is 1.45. The molecular weight excluding hydrogens is 364 g/mol. The van der Waals surface area contributed by atoms with Crippen LogP contribution in [0.15, 0.2) is 58.1 Å². The molecule has 1 aromatic carbocycles. The molecule has 0 aliphatic rings. The van der Waals surface area contributed by atoms with E-state index in [9.17, 15) is 4.79 Å². The molecule has 0 fully saturated rings. The van der Waals surface area contributed by atoms with Crippen LogP contribution in [-0.2, 0) is 12.3 Å². The predicted octanol–water partition coefficient (Wildman–Crippen LogP) is 2.64. The average Bonchev–Trinajstić information content (AvgIpc) is 3.30. The highest BCUT2D eigenvalue weighted by Gasteiger charge is 2.14. The van der Waals surface area contributed by atoms with E-state index in [1.165, 1.54) is 11.8 Å². The summed E-state index contributed by atoms with van der Waals surface area (Å²) in [6.07, 6.45) is 1.87. The van der Waals surface area contributed by atoms with E-state index < -0.39 is 0 Å². The minimum absolute atomic E-state index is 0.171. The summed E-state index contributed by atoms with van der Waals surface area (Å²) in [5.41, 5.74) is 1.34. The predicted molar refractivity (Wildman–Crippen MR) is 99.2 cm³/mol. The fraction of sp³-hybridized carbons (Fsp3) is 0.167. The number of hydrogen-bond donors (Lipinski definition) is 1. The highest BCUT2D eigenvalue weighted by molar-refractivity contribution is 7.98. The van der Waals surface area contributed by atoms with Crippen molar-refractivity contribution in [2.24, 2.45) is 0 Å². The first-order valence-corrected chi connectivity index (χ1v) is 9.27. The molecule has 0 radical (unpaired) electrons. The van der Waals surface area contributed by atoms with Crippen LogP contribution in [0.5, 0.6) is 0 Å². The maximum absolute atomic E-state index is 12.7. The van der Waals surface area contributed by atoms with Crippen LogP contribution < -0.4 is 5.32 Å². The Labute approximate surface area is 159 Å². The zero-order chi connectivity index (χ0) is 18.6. The van der Waals surface area contributed by atoms with E-state index in [0.717, 1.165) is 10.5 Å². The minimum atomic E-state index is -0.171. The molecule has 0 unspecified atom stereocenters. The summed E-state index contributed by atoms with van der Waals surface area (Å²) < 4.78 is 6.82. The number of fused-ring (bicyclic) bond motifs is 1. The van der Waals surface area contributed by atoms with Crippen LogP contribution in [0.2, 0.25) is 0 Å². The Bertz CT molecular complexity index is 1090. The molecule has 0 atom stereocenters. The van der Waals surface area contributed by atoms with Crippen molar-refractivity contribution in [3.63, 3.8) is 0 Å². The van der Waals surface area contributed by atoms with Crippen molar-refractivity contribution in [2.45, 2.75) is 24.1 Å². The Morgan fingerprint density at radius 3 is 2.89 bits per heavy atom. The quantitative estimate of drug-likeness (QED) is 0.513. The zero-order valence-corrected chi connectivity index (χ0v) is 15.3. The van der Waals surface area contributed by atoms with Gasteiger partial charge in [-0.15, -0.1) is 22.0 Å². The van der Waals surface area contributed by atoms with Gasteiger partial charge in [-0.05, 0) is 24.3 Å². The van der Waals surface area contributed by atoms with E-state index in [2.05, 4.69) is 25.7 Å². The van der Waals surface area contributed by atoms with Crippen molar-refractivity contribution < 1.29 is 9.32 Å². The molecule has 8 nitrogen and oxygen atoms in total. The third-order valence-electron chi connectivity index (χ3n) is 3.85. The van der Waals surface area contributed by atoms with Crippen molar-refractivity contribution in [3.05, 3.63) is 71.8 Å². The second-order valence-electron chi connectivity index (χ2n) is 5.74. The molecule has 1 N–H and O–H groups in total. The summed E-state index contributed by atoms with van der Waals surface area (Å²) in [7, 11) is 0. The third-order valence-corrected chi connectivity index (χ3v) is 4.92. The largest absolute Gasteiger partial charge is 0.345 e. The molecule has 136 valence electrons. The number of carbonyl (C=O) groups is 1. The average molecular weight is 380 g/mol. The minimum Gasteiger partial charge on any atom is -0.345 e. The van der Waals surface area contributed by atoms with Gasteiger partial charge < -0.3 is 9.84 Å². The van der Waals surface area contributed by atoms with E-state index in [1.807, 2.05) is 47.0 Å². The molecule has 1 amide bonds. The number of hydrogen-bond acceptors (Lipinski definition) is 7. The maximum Gasteiger partial charge on any atom is 0.252 e. The summed E-state index contributed by atoms with van der Waals surface area (Å²) in [4.78, 5) is 17.7. The van der Waals surface area contributed by atoms with Crippen LogP contribution in [0, 0.1) is 6.92 Å². The molecule has 27 heavy (non-hydrogen) atoms. The third kappa shape index (κ3) is 3.82. The van der Waals surface area contributed by atoms with E-state index in [-0.39, 0.29) is 12.5 Å². The Hall–Kier alpha value is -3.20. The number of pyridine rings is 1. The second-order valence-corrected chi connectivity index (χ2v) is 6.76. The number of nitrogens with one attached hydrogen (secondary N) is 1. The first kappa shape index (κ1) is 17.2. The molecule has 0 aliphatic heterocycles. The molecule has 9 heteroatoms. The van der Waals surface area contributed by atoms with Crippen LogP contribution in [-0.4, -0.2) is 30.6 Å². The lowest BCUT2D eigenvalue weighted by molar-refractivity contribution is 0.0947. The van der Waals surface area contributed by atoms with Gasteiger partial charge in [0.2, 0.25) is 5.89 Å². The van der Waals surface area contributed by atoms with Gasteiger partial charge in [-0.1, -0.05) is 23.4 Å². The lowest BCUT2D eigenvalue weighted by Crippen LogP contribution is -2.24. The molecular formula is C18H16N6O2S. The summed E-state index contributed by atoms with van der Waals surface area (Å²) in [6.45, 7) is 2.03. The highest BCUT2D eigenvalue weighted by Crippen LogP contribution is 2.25. The van der Waals surface area contributed by atoms with Crippen molar-refractivity contribution in [1.82, 2.24) is 30.1 Å². The summed E-state index contributed by atoms with van der Waals surface area (Å²) in [5.74, 6) is 2.15. The van der Waals surface area contributed by atoms with Crippen LogP contribution in [0.4, 0.5) is 0 Å². The van der Waals surface area contributed by atoms with Crippen LogP contribution in [0.1, 0.15) is 27.9 Å². The van der Waals surface area contributed by atoms with E-state index in [1.54, 1.807) is 13.0 Å². The lowest BCUT2D eigenvalue weighted by Gasteiger charge is -2.08. The van der Waals surface area contributed by atoms with Gasteiger partial charge in [0, 0.05) is 18.0 Å². The van der Waals surface area contributed by atoms with Crippen molar-refractivity contribution >= 4 is 23.3 Å². The van der Waals surface area contributed by atoms with Crippen molar-refractivity contribution in [1.29, 1.82) is 0 Å². The molecule has 3 aromatic heterocycles. The summed E-state index contributed by atoms with van der Waals surface area (Å²) in [5, 5.41) is 15.0. The molecule has 0 saturated heterocycles. The maximum atomic E-state index is 12.7. The monoisotopic (exact) mass is 380 g/mol. The summed E-state index contributed by atoms with van der Waals surface area (Å²) in [6, 6.07) is 13.1. The molecule has 0 bridgehead atoms. The number of amides is 1. The van der Waals surface area contributed by atoms with E-state index >= 15 is 0 Å². The van der Waals surface area contributed by atoms with Gasteiger partial charge in [-0.25, -0.2) is 0 Å². The first-order chi connectivity index (χ1) is 13.2. The Morgan fingerprint density at radius 1 is 1.19 bits per heavy atom. The number of aromatic nitrogens is 5. The summed E-state index contributed by atoms with van der Waals surface area (Å²) >= 11 is 1.49. The molecule has 4 aromatic rings. The van der Waals surface area contributed by atoms with Crippen molar-refractivity contribution in [2.75, 3.05) is 0 Å². The highest BCUT2D eigenvalue weighted by atomic mass is 32.2. The van der Waals surface area contributed by atoms with Gasteiger partial charge in [-0.2, -0.15) is 4.98 Å². The second kappa shape index (κ2) is 7.58. The van der Waals surface area contributed by atoms with Gasteiger partial charge in [0.05, 0.1) is 17.9 Å². The number of rotatable bonds is 6. The van der Waals surface area contributed by atoms with Gasteiger partial charge in [0.15, 0.2) is 17.3 Å². The van der Waals surface area contributed by atoms with Gasteiger partial charge in [0.1, 0.15) is 0 Å². The number of benzene rings is 1. The van der Waals surface area contributed by atoms with Crippen LogP contribution >= 0.6 is 11.8 Å². The normalized spacial score (nSPS) is 11.0. The zero-order valence-electron chi connectivity index (χ0n) is 14.5. The SMILES string of the molecule is Cc1nc(CSc2ccccc2C(=O)NCc2nnc3ccccn23)no1. The number of thioether (sulfide) groups is 1. The van der Waals surface area contributed by atoms with Gasteiger partial charge in [-0.3, -0.25) is 9.20 Å². The molecule has 3 heterocycles. The standard InChI is InChI=1S/C18H16N6O2S/c1-12-20-15(23-26-12)11-27-14-7-3-2-6-13(14)18(25)19-10-17-22-21-16-8-4-5-9-24(16)17/h2-9H,10-11H2,1H3,(H,19,25). The van der Waals surface area contributed by atoms with Crippen LogP contribution in [0.3, 0.4) is 0 Å². The Kier molecular flexibility index (Phi) is 4.84. The van der Waals surface area contributed by atoms with E-state index in [0.29, 0.717) is 28.9 Å². The van der Waals surface area contributed by atoms with E-state index in [4.69, 9.17) is 4.52 Å². The number of carbonyl (C=O) groups excluding carboxylic acids is 1. The molecule has 0 spiro atoms. The lowest BCUT2D eigenvalue weighted by atomic mass is 10.2. The van der Waals surface area contributed by atoms with Crippen LogP contribution in [0.25, 0.3) is 5.65 Å². The molecule has 0 saturated carbocycles. The first-order valence-electron chi connectivity index (χ1n) is 8.28. The molecule has 4 rings (SSSR count). The van der Waals surface area contributed by atoms with Gasteiger partial charge in [0.25, 0.3) is 5.91 Å². The number of nitrogens with zero attached hydrogens (tertiary/aromatic N) is 5. The Morgan fingerprint density at radius 2 is 2.04 bits per heavy atom. The smallest absolute Gasteiger partial charge is 0.252 e.